The Morgan fingerprint density at radius 3 is 2.31 bits per heavy atom. The summed E-state index contributed by atoms with van der Waals surface area (Å²) in [5.74, 6) is 1.19. The van der Waals surface area contributed by atoms with Crippen LogP contribution in [0.25, 0.3) is 0 Å². The topological polar surface area (TPSA) is 59.0 Å². The molecule has 0 aliphatic carbocycles. The molecule has 1 unspecified atom stereocenters. The molecule has 26 heavy (non-hydrogen) atoms. The molecule has 148 valence electrons. The number of hydrogen-bond donors (Lipinski definition) is 0. The molecular formula is C20H34N2O3S. The van der Waals surface area contributed by atoms with Crippen LogP contribution in [-0.2, 0) is 16.4 Å². The van der Waals surface area contributed by atoms with Gasteiger partial charge in [-0.1, -0.05) is 46.6 Å². The predicted octanol–water partition coefficient (Wildman–Crippen LogP) is 4.37. The Labute approximate surface area is 159 Å². The van der Waals surface area contributed by atoms with Crippen LogP contribution in [0, 0.1) is 11.3 Å². The zero-order valence-electron chi connectivity index (χ0n) is 17.5. The van der Waals surface area contributed by atoms with E-state index in [1.54, 1.807) is 38.1 Å². The van der Waals surface area contributed by atoms with E-state index in [9.17, 15) is 8.42 Å². The first kappa shape index (κ1) is 22.5. The van der Waals surface area contributed by atoms with Crippen molar-refractivity contribution in [2.45, 2.75) is 58.8 Å². The Morgan fingerprint density at radius 2 is 1.85 bits per heavy atom. The van der Waals surface area contributed by atoms with Crippen LogP contribution < -0.4 is 4.74 Å². The lowest BCUT2D eigenvalue weighted by molar-refractivity contribution is 0.183. The highest BCUT2D eigenvalue weighted by molar-refractivity contribution is 7.90. The van der Waals surface area contributed by atoms with Crippen molar-refractivity contribution in [1.82, 2.24) is 4.90 Å². The third-order valence-corrected chi connectivity index (χ3v) is 7.13. The van der Waals surface area contributed by atoms with Crippen LogP contribution in [0.5, 0.6) is 5.75 Å². The highest BCUT2D eigenvalue weighted by Gasteiger charge is 2.28. The van der Waals surface area contributed by atoms with Crippen LogP contribution >= 0.6 is 0 Å². The molecule has 0 bridgehead atoms. The normalized spacial score (nSPS) is 14.2. The molecule has 0 heterocycles. The van der Waals surface area contributed by atoms with E-state index in [1.807, 2.05) is 6.07 Å². The molecule has 1 atom stereocenters. The first-order chi connectivity index (χ1) is 12.0. The average Bonchev–Trinajstić information content (AvgIpc) is 2.60. The molecule has 5 nitrogen and oxygen atoms in total. The fourth-order valence-corrected chi connectivity index (χ4v) is 4.22. The molecule has 6 heteroatoms. The lowest BCUT2D eigenvalue weighted by Gasteiger charge is -2.34. The van der Waals surface area contributed by atoms with E-state index in [0.717, 1.165) is 24.8 Å². The minimum absolute atomic E-state index is 0.126. The molecule has 1 rings (SSSR count). The Morgan fingerprint density at radius 1 is 1.27 bits per heavy atom. The van der Waals surface area contributed by atoms with Gasteiger partial charge in [-0.05, 0) is 42.4 Å². The first-order valence-electron chi connectivity index (χ1n) is 9.16. The van der Waals surface area contributed by atoms with Gasteiger partial charge >= 0.3 is 0 Å². The molecule has 0 saturated carbocycles. The van der Waals surface area contributed by atoms with Crippen molar-refractivity contribution in [3.63, 3.8) is 0 Å². The maximum absolute atomic E-state index is 12.8. The minimum Gasteiger partial charge on any atom is -0.495 e. The Hall–Kier alpha value is -1.56. The van der Waals surface area contributed by atoms with Gasteiger partial charge in [0.1, 0.15) is 16.5 Å². The molecule has 1 aromatic rings. The van der Waals surface area contributed by atoms with Gasteiger partial charge in [-0.15, -0.1) is 4.40 Å². The third kappa shape index (κ3) is 5.22. The van der Waals surface area contributed by atoms with Gasteiger partial charge in [0.25, 0.3) is 10.0 Å². The third-order valence-electron chi connectivity index (χ3n) is 5.75. The van der Waals surface area contributed by atoms with Crippen molar-refractivity contribution in [3.05, 3.63) is 23.8 Å². The zero-order valence-corrected chi connectivity index (χ0v) is 18.3. The minimum atomic E-state index is -3.83. The molecule has 0 radical (unpaired) electrons. The van der Waals surface area contributed by atoms with E-state index in [2.05, 4.69) is 32.1 Å². The van der Waals surface area contributed by atoms with Gasteiger partial charge in [0.05, 0.1) is 7.11 Å². The quantitative estimate of drug-likeness (QED) is 0.495. The summed E-state index contributed by atoms with van der Waals surface area (Å²) in [6, 6.07) is 5.39. The summed E-state index contributed by atoms with van der Waals surface area (Å²) in [7, 11) is 1.17. The van der Waals surface area contributed by atoms with E-state index < -0.39 is 10.0 Å². The van der Waals surface area contributed by atoms with Gasteiger partial charge in [-0.2, -0.15) is 8.42 Å². The smallest absolute Gasteiger partial charge is 0.287 e. The molecule has 0 spiro atoms. The Bertz CT molecular complexity index is 735. The molecule has 0 N–H and O–H groups in total. The summed E-state index contributed by atoms with van der Waals surface area (Å²) >= 11 is 0. The lowest BCUT2D eigenvalue weighted by Crippen LogP contribution is -2.25. The van der Waals surface area contributed by atoms with Crippen molar-refractivity contribution in [3.8, 4) is 5.75 Å². The number of nitrogens with zero attached hydrogens (tertiary/aromatic N) is 2. The van der Waals surface area contributed by atoms with Gasteiger partial charge in [-0.25, -0.2) is 0 Å². The average molecular weight is 383 g/mol. The number of amidine groups is 1. The first-order valence-corrected chi connectivity index (χ1v) is 10.6. The van der Waals surface area contributed by atoms with Crippen molar-refractivity contribution < 1.29 is 13.2 Å². The van der Waals surface area contributed by atoms with Gasteiger partial charge in [-0.3, -0.25) is 0 Å². The Kier molecular flexibility index (Phi) is 7.69. The SMILES string of the molecule is CCC(C)(CC)C(C)Cc1ccc(OC)c(S(=O)(=O)N=C(C)N(C)C)c1. The number of sulfonamides is 1. The van der Waals surface area contributed by atoms with E-state index in [-0.39, 0.29) is 10.3 Å². The van der Waals surface area contributed by atoms with Crippen LogP contribution in [0.1, 0.15) is 53.0 Å². The summed E-state index contributed by atoms with van der Waals surface area (Å²) in [6.45, 7) is 10.6. The van der Waals surface area contributed by atoms with Crippen LogP contribution in [0.3, 0.4) is 0 Å². The molecule has 0 saturated heterocycles. The van der Waals surface area contributed by atoms with Gasteiger partial charge in [0.15, 0.2) is 0 Å². The number of benzene rings is 1. The van der Waals surface area contributed by atoms with Crippen molar-refractivity contribution in [2.75, 3.05) is 21.2 Å². The van der Waals surface area contributed by atoms with E-state index >= 15 is 0 Å². The number of methoxy groups -OCH3 is 1. The highest BCUT2D eigenvalue weighted by atomic mass is 32.2. The van der Waals surface area contributed by atoms with E-state index in [1.165, 1.54) is 7.11 Å². The molecule has 1 aromatic carbocycles. The molecule has 0 aromatic heterocycles. The van der Waals surface area contributed by atoms with E-state index in [4.69, 9.17) is 4.74 Å². The maximum atomic E-state index is 12.8. The fourth-order valence-electron chi connectivity index (χ4n) is 2.90. The van der Waals surface area contributed by atoms with E-state index in [0.29, 0.717) is 17.5 Å². The molecule has 0 aliphatic rings. The fraction of sp³-hybridized carbons (Fsp3) is 0.650. The van der Waals surface area contributed by atoms with Crippen LogP contribution in [0.2, 0.25) is 0 Å². The van der Waals surface area contributed by atoms with Crippen molar-refractivity contribution in [1.29, 1.82) is 0 Å². The standard InChI is InChI=1S/C20H34N2O3S/c1-9-20(5,10-2)15(3)13-17-11-12-18(25-8)19(14-17)26(23,24)21-16(4)22(6)7/h11-12,14-15H,9-10,13H2,1-8H3. The molecular weight excluding hydrogens is 348 g/mol. The van der Waals surface area contributed by atoms with Gasteiger partial charge in [0, 0.05) is 14.1 Å². The van der Waals surface area contributed by atoms with Crippen LogP contribution in [0.4, 0.5) is 0 Å². The van der Waals surface area contributed by atoms with Crippen molar-refractivity contribution in [2.24, 2.45) is 15.7 Å². The predicted molar refractivity (Wildman–Crippen MR) is 109 cm³/mol. The summed E-state index contributed by atoms with van der Waals surface area (Å²) in [5, 5.41) is 0. The second kappa shape index (κ2) is 8.89. The van der Waals surface area contributed by atoms with Crippen molar-refractivity contribution >= 4 is 15.9 Å². The maximum Gasteiger partial charge on any atom is 0.287 e. The lowest BCUT2D eigenvalue weighted by atomic mass is 9.71. The number of hydrogen-bond acceptors (Lipinski definition) is 3. The van der Waals surface area contributed by atoms with Crippen LogP contribution in [0.15, 0.2) is 27.5 Å². The summed E-state index contributed by atoms with van der Waals surface area (Å²) in [5.41, 5.74) is 1.22. The molecule has 0 aliphatic heterocycles. The number of ether oxygens (including phenoxy) is 1. The summed E-state index contributed by atoms with van der Waals surface area (Å²) in [6.07, 6.45) is 3.01. The molecule has 0 amide bonds. The second-order valence-corrected chi connectivity index (χ2v) is 9.03. The second-order valence-electron chi connectivity index (χ2n) is 7.46. The largest absolute Gasteiger partial charge is 0.495 e. The Balaban J connectivity index is 3.31. The number of rotatable bonds is 8. The van der Waals surface area contributed by atoms with Gasteiger partial charge < -0.3 is 9.64 Å². The molecule has 0 fully saturated rings. The highest BCUT2D eigenvalue weighted by Crippen LogP contribution is 2.37. The van der Waals surface area contributed by atoms with Gasteiger partial charge in [0.2, 0.25) is 0 Å². The monoisotopic (exact) mass is 382 g/mol. The summed E-state index contributed by atoms with van der Waals surface area (Å²) < 4.78 is 34.8. The van der Waals surface area contributed by atoms with Crippen LogP contribution in [-0.4, -0.2) is 40.4 Å². The zero-order chi connectivity index (χ0) is 20.1. The summed E-state index contributed by atoms with van der Waals surface area (Å²) in [4.78, 5) is 1.80.